The molecule has 0 saturated carbocycles. The van der Waals surface area contributed by atoms with Crippen LogP contribution in [-0.2, 0) is 29.6 Å². The summed E-state index contributed by atoms with van der Waals surface area (Å²) < 4.78 is 1.99. The zero-order chi connectivity index (χ0) is 21.5. The fourth-order valence-electron chi connectivity index (χ4n) is 4.21. The van der Waals surface area contributed by atoms with Crippen LogP contribution < -0.4 is 0 Å². The summed E-state index contributed by atoms with van der Waals surface area (Å²) in [5.41, 5.74) is 4.29. The Hall–Kier alpha value is -3.32. The minimum atomic E-state index is -0.409. The van der Waals surface area contributed by atoms with Crippen molar-refractivity contribution in [1.82, 2.24) is 14.4 Å². The van der Waals surface area contributed by atoms with Gasteiger partial charge in [0.2, 0.25) is 5.91 Å². The molecule has 7 heteroatoms. The highest BCUT2D eigenvalue weighted by Crippen LogP contribution is 2.34. The van der Waals surface area contributed by atoms with Crippen LogP contribution in [-0.4, -0.2) is 44.5 Å². The number of carbonyl (C=O) groups excluding carboxylic acids is 3. The molecule has 1 fully saturated rings. The van der Waals surface area contributed by atoms with Crippen molar-refractivity contribution < 1.29 is 14.4 Å². The Morgan fingerprint density at radius 1 is 1.06 bits per heavy atom. The lowest BCUT2D eigenvalue weighted by atomic mass is 10.00. The zero-order valence-corrected chi connectivity index (χ0v) is 17.9. The maximum absolute atomic E-state index is 12.9. The average Bonchev–Trinajstić information content (AvgIpc) is 3.24. The van der Waals surface area contributed by atoms with E-state index in [0.29, 0.717) is 18.0 Å². The van der Waals surface area contributed by atoms with Crippen LogP contribution in [0.1, 0.15) is 16.7 Å². The highest BCUT2D eigenvalue weighted by molar-refractivity contribution is 8.18. The van der Waals surface area contributed by atoms with Crippen LogP contribution in [0.2, 0.25) is 0 Å². The summed E-state index contributed by atoms with van der Waals surface area (Å²) in [5, 5.41) is 0.613. The summed E-state index contributed by atoms with van der Waals surface area (Å²) in [4.78, 5) is 41.4. The van der Waals surface area contributed by atoms with Crippen LogP contribution in [0.4, 0.5) is 4.79 Å². The molecule has 2 aromatic carbocycles. The molecule has 0 aliphatic carbocycles. The molecule has 156 valence electrons. The van der Waals surface area contributed by atoms with Gasteiger partial charge in [0.25, 0.3) is 11.1 Å². The number of hydrogen-bond donors (Lipinski definition) is 0. The van der Waals surface area contributed by atoms with Crippen molar-refractivity contribution in [1.29, 1.82) is 0 Å². The number of thioether (sulfide) groups is 1. The molecule has 31 heavy (non-hydrogen) atoms. The van der Waals surface area contributed by atoms with Gasteiger partial charge < -0.3 is 9.47 Å². The molecule has 3 aromatic rings. The third-order valence-electron chi connectivity index (χ3n) is 5.86. The average molecular weight is 432 g/mol. The summed E-state index contributed by atoms with van der Waals surface area (Å²) >= 11 is 0.890. The molecule has 1 aromatic heterocycles. The first-order valence-electron chi connectivity index (χ1n) is 10.2. The molecular formula is C24H21N3O3S. The van der Waals surface area contributed by atoms with Crippen molar-refractivity contribution in [2.24, 2.45) is 7.05 Å². The van der Waals surface area contributed by atoms with E-state index < -0.39 is 11.1 Å². The Morgan fingerprint density at radius 2 is 1.81 bits per heavy atom. The molecule has 1 saturated heterocycles. The SMILES string of the molecule is Cn1cc(/C=C2/SC(=O)N(CC(=O)N3CCc4ccccc4C3)C2=O)c2ccccc21. The molecule has 3 amide bonds. The highest BCUT2D eigenvalue weighted by atomic mass is 32.2. The number of rotatable bonds is 3. The first kappa shape index (κ1) is 19.6. The predicted molar refractivity (Wildman–Crippen MR) is 121 cm³/mol. The Kier molecular flexibility index (Phi) is 4.90. The Balaban J connectivity index is 1.33. The quantitative estimate of drug-likeness (QED) is 0.592. The molecule has 2 aliphatic heterocycles. The van der Waals surface area contributed by atoms with Gasteiger partial charge in [-0.15, -0.1) is 0 Å². The number of carbonyl (C=O) groups is 3. The van der Waals surface area contributed by atoms with Gasteiger partial charge in [0.1, 0.15) is 6.54 Å². The van der Waals surface area contributed by atoms with Gasteiger partial charge in [-0.25, -0.2) is 0 Å². The number of imide groups is 1. The van der Waals surface area contributed by atoms with Crippen molar-refractivity contribution in [2.45, 2.75) is 13.0 Å². The number of nitrogens with zero attached hydrogens (tertiary/aromatic N) is 3. The van der Waals surface area contributed by atoms with E-state index in [4.69, 9.17) is 0 Å². The summed E-state index contributed by atoms with van der Waals surface area (Å²) in [6.07, 6.45) is 4.47. The standard InChI is InChI=1S/C24H21N3O3S/c1-25-13-18(19-8-4-5-9-20(19)25)12-21-23(29)27(24(30)31-21)15-22(28)26-11-10-16-6-2-3-7-17(16)14-26/h2-9,12-13H,10-11,14-15H2,1H3/b21-12+. The van der Waals surface area contributed by atoms with E-state index in [1.807, 2.05) is 60.3 Å². The third-order valence-corrected chi connectivity index (χ3v) is 6.77. The fourth-order valence-corrected chi connectivity index (χ4v) is 5.04. The van der Waals surface area contributed by atoms with Crippen molar-refractivity contribution in [3.8, 4) is 0 Å². The topological polar surface area (TPSA) is 62.6 Å². The molecule has 0 atom stereocenters. The summed E-state index contributed by atoms with van der Waals surface area (Å²) in [6, 6.07) is 16.0. The highest BCUT2D eigenvalue weighted by Gasteiger charge is 2.37. The lowest BCUT2D eigenvalue weighted by Crippen LogP contribution is -2.44. The second-order valence-electron chi connectivity index (χ2n) is 7.81. The van der Waals surface area contributed by atoms with E-state index in [0.717, 1.165) is 45.1 Å². The molecule has 6 nitrogen and oxygen atoms in total. The molecule has 5 rings (SSSR count). The summed E-state index contributed by atoms with van der Waals surface area (Å²) in [7, 11) is 1.95. The van der Waals surface area contributed by atoms with Crippen LogP contribution in [0, 0.1) is 0 Å². The summed E-state index contributed by atoms with van der Waals surface area (Å²) in [6.45, 7) is 0.884. The summed E-state index contributed by atoms with van der Waals surface area (Å²) in [5.74, 6) is -0.614. The zero-order valence-electron chi connectivity index (χ0n) is 17.1. The number of aryl methyl sites for hydroxylation is 1. The van der Waals surface area contributed by atoms with Gasteiger partial charge in [-0.3, -0.25) is 19.3 Å². The lowest BCUT2D eigenvalue weighted by Gasteiger charge is -2.29. The first-order chi connectivity index (χ1) is 15.0. The van der Waals surface area contributed by atoms with Crippen LogP contribution in [0.3, 0.4) is 0 Å². The Morgan fingerprint density at radius 3 is 2.65 bits per heavy atom. The molecule has 3 heterocycles. The Labute approximate surface area is 184 Å². The lowest BCUT2D eigenvalue weighted by molar-refractivity contribution is -0.136. The van der Waals surface area contributed by atoms with Crippen molar-refractivity contribution in [3.63, 3.8) is 0 Å². The van der Waals surface area contributed by atoms with Crippen LogP contribution in [0.15, 0.2) is 59.6 Å². The minimum Gasteiger partial charge on any atom is -0.350 e. The van der Waals surface area contributed by atoms with Crippen molar-refractivity contribution in [2.75, 3.05) is 13.1 Å². The molecule has 0 unspecified atom stereocenters. The second kappa shape index (κ2) is 7.74. The van der Waals surface area contributed by atoms with Gasteiger partial charge >= 0.3 is 0 Å². The molecule has 0 N–H and O–H groups in total. The van der Waals surface area contributed by atoms with Crippen LogP contribution >= 0.6 is 11.8 Å². The number of aromatic nitrogens is 1. The number of para-hydroxylation sites is 1. The van der Waals surface area contributed by atoms with Gasteiger partial charge in [-0.1, -0.05) is 42.5 Å². The van der Waals surface area contributed by atoms with Gasteiger partial charge in [0, 0.05) is 42.8 Å². The van der Waals surface area contributed by atoms with E-state index in [-0.39, 0.29) is 12.5 Å². The van der Waals surface area contributed by atoms with Crippen LogP contribution in [0.25, 0.3) is 17.0 Å². The maximum atomic E-state index is 12.9. The monoisotopic (exact) mass is 431 g/mol. The molecule has 0 bridgehead atoms. The molecular weight excluding hydrogens is 410 g/mol. The number of fused-ring (bicyclic) bond motifs is 2. The normalized spacial score (nSPS) is 17.6. The van der Waals surface area contributed by atoms with Gasteiger partial charge in [0.05, 0.1) is 4.91 Å². The maximum Gasteiger partial charge on any atom is 0.294 e. The van der Waals surface area contributed by atoms with E-state index >= 15 is 0 Å². The fraction of sp³-hybridized carbons (Fsp3) is 0.208. The predicted octanol–water partition coefficient (Wildman–Crippen LogP) is 3.80. The number of hydrogen-bond acceptors (Lipinski definition) is 4. The Bertz CT molecular complexity index is 1260. The minimum absolute atomic E-state index is 0.205. The smallest absolute Gasteiger partial charge is 0.294 e. The van der Waals surface area contributed by atoms with Gasteiger partial charge in [-0.2, -0.15) is 0 Å². The van der Waals surface area contributed by atoms with E-state index in [1.165, 1.54) is 5.56 Å². The number of benzene rings is 2. The van der Waals surface area contributed by atoms with Crippen molar-refractivity contribution in [3.05, 3.63) is 76.3 Å². The third kappa shape index (κ3) is 3.55. The van der Waals surface area contributed by atoms with E-state index in [1.54, 1.807) is 11.0 Å². The van der Waals surface area contributed by atoms with E-state index in [9.17, 15) is 14.4 Å². The largest absolute Gasteiger partial charge is 0.350 e. The van der Waals surface area contributed by atoms with Gasteiger partial charge in [-0.05, 0) is 41.5 Å². The van der Waals surface area contributed by atoms with Crippen molar-refractivity contribution >= 4 is 45.8 Å². The molecule has 0 spiro atoms. The number of amides is 3. The molecule has 0 radical (unpaired) electrons. The molecule has 2 aliphatic rings. The second-order valence-corrected chi connectivity index (χ2v) is 8.81. The van der Waals surface area contributed by atoms with Crippen LogP contribution in [0.5, 0.6) is 0 Å². The first-order valence-corrected chi connectivity index (χ1v) is 11.0. The van der Waals surface area contributed by atoms with E-state index in [2.05, 4.69) is 6.07 Å². The van der Waals surface area contributed by atoms with Gasteiger partial charge in [0.15, 0.2) is 0 Å².